The van der Waals surface area contributed by atoms with Gasteiger partial charge in [0.25, 0.3) is 11.4 Å². The number of hydrogen-bond acceptors (Lipinski definition) is 6. The quantitative estimate of drug-likeness (QED) is 0.653. The number of anilines is 1. The van der Waals surface area contributed by atoms with Crippen molar-refractivity contribution in [1.82, 2.24) is 0 Å². The first-order chi connectivity index (χ1) is 12.0. The zero-order valence-electron chi connectivity index (χ0n) is 13.3. The molecule has 1 aliphatic heterocycles. The summed E-state index contributed by atoms with van der Waals surface area (Å²) in [6.07, 6.45) is 1.29. The molecule has 130 valence electrons. The van der Waals surface area contributed by atoms with Crippen LogP contribution in [0, 0.1) is 20.2 Å². The van der Waals surface area contributed by atoms with Crippen LogP contribution in [0.1, 0.15) is 24.5 Å². The molecule has 0 aliphatic carbocycles. The minimum absolute atomic E-state index is 0.0147. The van der Waals surface area contributed by atoms with Gasteiger partial charge in [-0.2, -0.15) is 0 Å². The number of nitro groups is 2. The van der Waals surface area contributed by atoms with Gasteiger partial charge in [-0.15, -0.1) is 0 Å². The molecule has 1 fully saturated rings. The molecule has 8 nitrogen and oxygen atoms in total. The molecular formula is C17H17N3O5. The Morgan fingerprint density at radius 2 is 1.80 bits per heavy atom. The Bertz CT molecular complexity index is 781. The van der Waals surface area contributed by atoms with Crippen LogP contribution in [0.2, 0.25) is 0 Å². The SMILES string of the molecule is O=[N+]([O-])c1ccc(NC2CCOC(c3ccccc3)C2)c([N+](=O)[O-])c1. The lowest BCUT2D eigenvalue weighted by atomic mass is 9.97. The fourth-order valence-electron chi connectivity index (χ4n) is 2.95. The van der Waals surface area contributed by atoms with Crippen LogP contribution in [0.3, 0.4) is 0 Å². The number of nitrogens with zero attached hydrogens (tertiary/aromatic N) is 2. The third kappa shape index (κ3) is 3.92. The molecule has 2 atom stereocenters. The monoisotopic (exact) mass is 343 g/mol. The predicted molar refractivity (Wildman–Crippen MR) is 91.5 cm³/mol. The minimum Gasteiger partial charge on any atom is -0.377 e. The molecule has 1 saturated heterocycles. The standard InChI is InChI=1S/C17H17N3O5/c21-19(22)14-6-7-15(16(11-14)20(23)24)18-13-8-9-25-17(10-13)12-4-2-1-3-5-12/h1-7,11,13,17-18H,8-10H2. The van der Waals surface area contributed by atoms with Gasteiger partial charge in [-0.05, 0) is 24.5 Å². The van der Waals surface area contributed by atoms with Gasteiger partial charge in [-0.3, -0.25) is 20.2 Å². The van der Waals surface area contributed by atoms with Crippen LogP contribution in [0.15, 0.2) is 48.5 Å². The second-order valence-electron chi connectivity index (χ2n) is 5.85. The highest BCUT2D eigenvalue weighted by Gasteiger charge is 2.26. The second kappa shape index (κ2) is 7.27. The number of nitrogens with one attached hydrogen (secondary N) is 1. The minimum atomic E-state index is -0.642. The fourth-order valence-corrected chi connectivity index (χ4v) is 2.95. The van der Waals surface area contributed by atoms with E-state index in [1.54, 1.807) is 0 Å². The molecule has 0 amide bonds. The van der Waals surface area contributed by atoms with Gasteiger partial charge < -0.3 is 10.1 Å². The topological polar surface area (TPSA) is 108 Å². The molecule has 1 N–H and O–H groups in total. The van der Waals surface area contributed by atoms with E-state index in [1.165, 1.54) is 12.1 Å². The highest BCUT2D eigenvalue weighted by Crippen LogP contribution is 2.33. The molecule has 0 spiro atoms. The van der Waals surface area contributed by atoms with E-state index in [0.717, 1.165) is 11.6 Å². The summed E-state index contributed by atoms with van der Waals surface area (Å²) in [5.74, 6) is 0. The average Bonchev–Trinajstić information content (AvgIpc) is 2.62. The number of ether oxygens (including phenoxy) is 1. The Kier molecular flexibility index (Phi) is 4.90. The van der Waals surface area contributed by atoms with E-state index in [-0.39, 0.29) is 29.2 Å². The van der Waals surface area contributed by atoms with Crippen molar-refractivity contribution in [3.05, 3.63) is 74.3 Å². The molecule has 1 heterocycles. The predicted octanol–water partition coefficient (Wildman–Crippen LogP) is 3.84. The van der Waals surface area contributed by atoms with Crippen LogP contribution in [0.5, 0.6) is 0 Å². The summed E-state index contributed by atoms with van der Waals surface area (Å²) in [7, 11) is 0. The maximum Gasteiger partial charge on any atom is 0.299 e. The van der Waals surface area contributed by atoms with E-state index in [1.807, 2.05) is 30.3 Å². The van der Waals surface area contributed by atoms with Crippen molar-refractivity contribution in [2.75, 3.05) is 11.9 Å². The van der Waals surface area contributed by atoms with E-state index in [2.05, 4.69) is 5.32 Å². The van der Waals surface area contributed by atoms with Crippen LogP contribution in [0.25, 0.3) is 0 Å². The molecule has 1 aliphatic rings. The zero-order valence-corrected chi connectivity index (χ0v) is 13.3. The van der Waals surface area contributed by atoms with Gasteiger partial charge in [0.05, 0.1) is 22.0 Å². The summed E-state index contributed by atoms with van der Waals surface area (Å²) in [6.45, 7) is 0.540. The molecule has 2 aromatic carbocycles. The van der Waals surface area contributed by atoms with Gasteiger partial charge in [0.15, 0.2) is 0 Å². The third-order valence-electron chi connectivity index (χ3n) is 4.20. The summed E-state index contributed by atoms with van der Waals surface area (Å²) in [6, 6.07) is 13.4. The van der Waals surface area contributed by atoms with Crippen molar-refractivity contribution in [3.8, 4) is 0 Å². The van der Waals surface area contributed by atoms with Crippen LogP contribution in [-0.4, -0.2) is 22.5 Å². The van der Waals surface area contributed by atoms with Crippen LogP contribution < -0.4 is 5.32 Å². The molecule has 0 aromatic heterocycles. The number of benzene rings is 2. The Labute approximate surface area is 143 Å². The lowest BCUT2D eigenvalue weighted by molar-refractivity contribution is -0.393. The third-order valence-corrected chi connectivity index (χ3v) is 4.20. The fraction of sp³-hybridized carbons (Fsp3) is 0.294. The van der Waals surface area contributed by atoms with E-state index in [4.69, 9.17) is 4.74 Å². The van der Waals surface area contributed by atoms with Crippen LogP contribution in [0.4, 0.5) is 17.1 Å². The Morgan fingerprint density at radius 1 is 1.04 bits per heavy atom. The first-order valence-electron chi connectivity index (χ1n) is 7.90. The Balaban J connectivity index is 1.77. The van der Waals surface area contributed by atoms with Gasteiger partial charge >= 0.3 is 0 Å². The van der Waals surface area contributed by atoms with Gasteiger partial charge in [-0.25, -0.2) is 0 Å². The summed E-state index contributed by atoms with van der Waals surface area (Å²) in [4.78, 5) is 20.8. The van der Waals surface area contributed by atoms with E-state index < -0.39 is 9.85 Å². The molecule has 8 heteroatoms. The van der Waals surface area contributed by atoms with Crippen LogP contribution in [-0.2, 0) is 4.74 Å². The van der Waals surface area contributed by atoms with Crippen molar-refractivity contribution in [3.63, 3.8) is 0 Å². The number of rotatable bonds is 5. The van der Waals surface area contributed by atoms with Gasteiger partial charge in [0.1, 0.15) is 5.69 Å². The molecule has 25 heavy (non-hydrogen) atoms. The summed E-state index contributed by atoms with van der Waals surface area (Å²) in [5, 5.41) is 25.2. The smallest absolute Gasteiger partial charge is 0.299 e. The largest absolute Gasteiger partial charge is 0.377 e. The highest BCUT2D eigenvalue weighted by atomic mass is 16.6. The summed E-state index contributed by atoms with van der Waals surface area (Å²) < 4.78 is 5.80. The van der Waals surface area contributed by atoms with Crippen molar-refractivity contribution in [2.24, 2.45) is 0 Å². The molecule has 0 radical (unpaired) electrons. The zero-order chi connectivity index (χ0) is 17.8. The second-order valence-corrected chi connectivity index (χ2v) is 5.85. The lowest BCUT2D eigenvalue weighted by Gasteiger charge is -2.31. The molecular weight excluding hydrogens is 326 g/mol. The maximum atomic E-state index is 11.2. The van der Waals surface area contributed by atoms with Crippen molar-refractivity contribution >= 4 is 17.1 Å². The number of non-ortho nitro benzene ring substituents is 1. The molecule has 2 unspecified atom stereocenters. The number of hydrogen-bond donors (Lipinski definition) is 1. The van der Waals surface area contributed by atoms with Crippen molar-refractivity contribution in [1.29, 1.82) is 0 Å². The Hall–Kier alpha value is -3.00. The molecule has 0 bridgehead atoms. The van der Waals surface area contributed by atoms with E-state index in [9.17, 15) is 20.2 Å². The lowest BCUT2D eigenvalue weighted by Crippen LogP contribution is -2.30. The van der Waals surface area contributed by atoms with Gasteiger partial charge in [-0.1, -0.05) is 30.3 Å². The Morgan fingerprint density at radius 3 is 2.48 bits per heavy atom. The van der Waals surface area contributed by atoms with Gasteiger partial charge in [0, 0.05) is 18.7 Å². The molecule has 3 rings (SSSR count). The average molecular weight is 343 g/mol. The molecule has 0 saturated carbocycles. The van der Waals surface area contributed by atoms with Gasteiger partial charge in [0.2, 0.25) is 0 Å². The van der Waals surface area contributed by atoms with Crippen LogP contribution >= 0.6 is 0 Å². The first-order valence-corrected chi connectivity index (χ1v) is 7.90. The normalized spacial score (nSPS) is 20.0. The van der Waals surface area contributed by atoms with Crippen molar-refractivity contribution in [2.45, 2.75) is 25.0 Å². The first kappa shape index (κ1) is 16.8. The summed E-state index contributed by atoms with van der Waals surface area (Å²) >= 11 is 0. The van der Waals surface area contributed by atoms with E-state index in [0.29, 0.717) is 19.4 Å². The maximum absolute atomic E-state index is 11.2. The highest BCUT2D eigenvalue weighted by molar-refractivity contribution is 5.65. The number of nitro benzene ring substituents is 2. The van der Waals surface area contributed by atoms with E-state index >= 15 is 0 Å². The summed E-state index contributed by atoms with van der Waals surface area (Å²) in [5.41, 5.74) is 0.754. The molecule has 2 aromatic rings. The van der Waals surface area contributed by atoms with Crippen molar-refractivity contribution < 1.29 is 14.6 Å².